The van der Waals surface area contributed by atoms with Crippen molar-refractivity contribution in [2.24, 2.45) is 5.73 Å². The first-order valence-corrected chi connectivity index (χ1v) is 9.01. The fourth-order valence-electron chi connectivity index (χ4n) is 2.17. The smallest absolute Gasteiger partial charge is 0.303 e. The Kier molecular flexibility index (Phi) is 21.0. The van der Waals surface area contributed by atoms with Crippen LogP contribution in [0.1, 0.15) is 104 Å². The number of carbonyl (C=O) groups is 1. The van der Waals surface area contributed by atoms with Crippen LogP contribution in [-0.2, 0) is 4.79 Å². The van der Waals surface area contributed by atoms with E-state index in [0.29, 0.717) is 12.5 Å². The van der Waals surface area contributed by atoms with E-state index in [1.807, 2.05) is 6.92 Å². The first kappa shape index (κ1) is 22.7. The maximum absolute atomic E-state index is 9.60. The molecule has 0 aliphatic rings. The van der Waals surface area contributed by atoms with Crippen LogP contribution in [0.3, 0.4) is 0 Å². The summed E-state index contributed by atoms with van der Waals surface area (Å²) in [6, 6.07) is 0.402. The van der Waals surface area contributed by atoms with Crippen molar-refractivity contribution in [2.75, 3.05) is 0 Å². The lowest BCUT2D eigenvalue weighted by Gasteiger charge is -2.04. The van der Waals surface area contributed by atoms with Gasteiger partial charge < -0.3 is 10.8 Å². The Morgan fingerprint density at radius 2 is 1.29 bits per heavy atom. The van der Waals surface area contributed by atoms with Gasteiger partial charge in [0.15, 0.2) is 0 Å². The zero-order valence-electron chi connectivity index (χ0n) is 14.7. The van der Waals surface area contributed by atoms with Crippen LogP contribution in [-0.4, -0.2) is 17.1 Å². The Hall–Kier alpha value is -0.570. The topological polar surface area (TPSA) is 63.3 Å². The predicted octanol–water partition coefficient (Wildman–Crippen LogP) is 5.52. The number of carboxylic acid groups (broad SMARTS) is 1. The highest BCUT2D eigenvalue weighted by atomic mass is 16.4. The third kappa shape index (κ3) is 28.3. The number of hydrogen-bond donors (Lipinski definition) is 2. The van der Waals surface area contributed by atoms with Crippen molar-refractivity contribution >= 4 is 5.97 Å². The number of rotatable bonds is 13. The fraction of sp³-hybridized carbons (Fsp3) is 0.944. The van der Waals surface area contributed by atoms with E-state index in [1.54, 1.807) is 0 Å². The van der Waals surface area contributed by atoms with E-state index >= 15 is 0 Å². The van der Waals surface area contributed by atoms with Gasteiger partial charge in [-0.25, -0.2) is 0 Å². The highest BCUT2D eigenvalue weighted by molar-refractivity contribution is 5.66. The van der Waals surface area contributed by atoms with Crippen molar-refractivity contribution in [3.63, 3.8) is 0 Å². The van der Waals surface area contributed by atoms with Gasteiger partial charge in [-0.1, -0.05) is 78.1 Å². The van der Waals surface area contributed by atoms with Crippen molar-refractivity contribution in [1.29, 1.82) is 0 Å². The molecule has 1 unspecified atom stereocenters. The first-order valence-electron chi connectivity index (χ1n) is 9.01. The molecule has 0 spiro atoms. The number of unbranched alkanes of at least 4 members (excludes halogenated alkanes) is 9. The Labute approximate surface area is 132 Å². The van der Waals surface area contributed by atoms with Crippen LogP contribution in [0.2, 0.25) is 0 Å². The van der Waals surface area contributed by atoms with Crippen molar-refractivity contribution in [3.05, 3.63) is 0 Å². The summed E-state index contributed by atoms with van der Waals surface area (Å²) < 4.78 is 0. The van der Waals surface area contributed by atoms with Gasteiger partial charge in [-0.3, -0.25) is 4.79 Å². The van der Waals surface area contributed by atoms with Crippen LogP contribution in [0.25, 0.3) is 0 Å². The molecule has 21 heavy (non-hydrogen) atoms. The van der Waals surface area contributed by atoms with E-state index in [1.165, 1.54) is 70.6 Å². The number of aliphatic carboxylic acids is 1. The molecule has 0 amide bonds. The molecule has 0 saturated heterocycles. The molecule has 0 saturated carbocycles. The highest BCUT2D eigenvalue weighted by Gasteiger charge is 1.95. The average Bonchev–Trinajstić information content (AvgIpc) is 2.41. The lowest BCUT2D eigenvalue weighted by Crippen LogP contribution is -2.13. The normalized spacial score (nSPS) is 11.6. The predicted molar refractivity (Wildman–Crippen MR) is 92.7 cm³/mol. The third-order valence-corrected chi connectivity index (χ3v) is 3.48. The van der Waals surface area contributed by atoms with Gasteiger partial charge in [-0.2, -0.15) is 0 Å². The number of hydrogen-bond acceptors (Lipinski definition) is 2. The second-order valence-electron chi connectivity index (χ2n) is 6.09. The van der Waals surface area contributed by atoms with Crippen LogP contribution in [0.4, 0.5) is 0 Å². The number of carboxylic acids is 1. The van der Waals surface area contributed by atoms with E-state index < -0.39 is 5.97 Å². The summed E-state index contributed by atoms with van der Waals surface area (Å²) in [5.74, 6) is -0.711. The van der Waals surface area contributed by atoms with Gasteiger partial charge in [0.25, 0.3) is 0 Å². The van der Waals surface area contributed by atoms with Crippen LogP contribution in [0.15, 0.2) is 0 Å². The lowest BCUT2D eigenvalue weighted by molar-refractivity contribution is -0.137. The van der Waals surface area contributed by atoms with Crippen LogP contribution in [0.5, 0.6) is 0 Å². The molecule has 0 aliphatic heterocycles. The Balaban J connectivity index is 0. The van der Waals surface area contributed by atoms with Gasteiger partial charge in [0.05, 0.1) is 0 Å². The Morgan fingerprint density at radius 3 is 1.57 bits per heavy atom. The molecule has 3 nitrogen and oxygen atoms in total. The summed E-state index contributed by atoms with van der Waals surface area (Å²) in [7, 11) is 0. The van der Waals surface area contributed by atoms with E-state index in [0.717, 1.165) is 6.42 Å². The van der Waals surface area contributed by atoms with Crippen molar-refractivity contribution in [1.82, 2.24) is 0 Å². The zero-order valence-corrected chi connectivity index (χ0v) is 14.7. The largest absolute Gasteiger partial charge is 0.481 e. The second-order valence-corrected chi connectivity index (χ2v) is 6.09. The molecule has 128 valence electrons. The first-order chi connectivity index (χ1) is 10.0. The zero-order chi connectivity index (χ0) is 16.3. The van der Waals surface area contributed by atoms with Gasteiger partial charge >= 0.3 is 5.97 Å². The maximum atomic E-state index is 9.60. The monoisotopic (exact) mass is 301 g/mol. The summed E-state index contributed by atoms with van der Waals surface area (Å²) in [6.07, 6.45) is 16.4. The Morgan fingerprint density at radius 1 is 0.857 bits per heavy atom. The summed E-state index contributed by atoms with van der Waals surface area (Å²) in [5.41, 5.74) is 5.70. The van der Waals surface area contributed by atoms with Crippen molar-refractivity contribution in [2.45, 2.75) is 110 Å². The summed E-state index contributed by atoms with van der Waals surface area (Å²) in [5, 5.41) is 7.91. The van der Waals surface area contributed by atoms with Crippen molar-refractivity contribution in [3.8, 4) is 0 Å². The van der Waals surface area contributed by atoms with Gasteiger partial charge in [0.2, 0.25) is 0 Å². The molecule has 0 radical (unpaired) electrons. The average molecular weight is 302 g/mol. The molecule has 0 aromatic heterocycles. The van der Waals surface area contributed by atoms with Crippen LogP contribution < -0.4 is 5.73 Å². The minimum atomic E-state index is -0.711. The molecular formula is C18H39NO2. The molecular weight excluding hydrogens is 262 g/mol. The van der Waals surface area contributed by atoms with E-state index in [-0.39, 0.29) is 0 Å². The van der Waals surface area contributed by atoms with Gasteiger partial charge in [0, 0.05) is 12.5 Å². The summed E-state index contributed by atoms with van der Waals surface area (Å²) in [4.78, 5) is 9.60. The quantitative estimate of drug-likeness (QED) is 0.440. The molecule has 1 atom stereocenters. The molecule has 0 fully saturated rings. The standard InChI is InChI=1S/C14H31N.C4H8O2/c1-3-4-5-6-7-8-9-10-11-12-13-14(2)15;1-2-3-4(5)6/h14H,3-13,15H2,1-2H3;2-3H2,1H3,(H,5,6). The fourth-order valence-corrected chi connectivity index (χ4v) is 2.17. The molecule has 0 aromatic carbocycles. The second kappa shape index (κ2) is 19.4. The molecule has 3 N–H and O–H groups in total. The minimum Gasteiger partial charge on any atom is -0.481 e. The highest BCUT2D eigenvalue weighted by Crippen LogP contribution is 2.11. The molecule has 0 rings (SSSR count). The molecule has 0 bridgehead atoms. The lowest BCUT2D eigenvalue weighted by atomic mass is 10.0. The summed E-state index contributed by atoms with van der Waals surface area (Å²) in [6.45, 7) is 6.22. The van der Waals surface area contributed by atoms with Gasteiger partial charge in [-0.05, 0) is 19.8 Å². The van der Waals surface area contributed by atoms with Crippen LogP contribution in [0, 0.1) is 0 Å². The van der Waals surface area contributed by atoms with Crippen LogP contribution >= 0.6 is 0 Å². The van der Waals surface area contributed by atoms with Gasteiger partial charge in [-0.15, -0.1) is 0 Å². The molecule has 0 aromatic rings. The maximum Gasteiger partial charge on any atom is 0.303 e. The summed E-state index contributed by atoms with van der Waals surface area (Å²) >= 11 is 0. The molecule has 0 heterocycles. The van der Waals surface area contributed by atoms with E-state index in [2.05, 4.69) is 13.8 Å². The Bertz CT molecular complexity index is 205. The van der Waals surface area contributed by atoms with E-state index in [4.69, 9.17) is 10.8 Å². The van der Waals surface area contributed by atoms with E-state index in [9.17, 15) is 4.79 Å². The third-order valence-electron chi connectivity index (χ3n) is 3.48. The molecule has 0 aliphatic carbocycles. The SMILES string of the molecule is CCCC(=O)O.CCCCCCCCCCCCC(C)N. The minimum absolute atomic E-state index is 0.292. The number of nitrogens with two attached hydrogens (primary N) is 1. The molecule has 3 heteroatoms. The van der Waals surface area contributed by atoms with Crippen molar-refractivity contribution < 1.29 is 9.90 Å². The van der Waals surface area contributed by atoms with Gasteiger partial charge in [0.1, 0.15) is 0 Å².